The minimum atomic E-state index is -0.469. The Morgan fingerprint density at radius 1 is 0.462 bits per heavy atom. The highest BCUT2D eigenvalue weighted by Gasteiger charge is 2.20. The molecule has 8 aromatic carbocycles. The van der Waals surface area contributed by atoms with Crippen molar-refractivity contribution in [3.63, 3.8) is 0 Å². The van der Waals surface area contributed by atoms with Gasteiger partial charge in [-0.05, 0) is 71.2 Å². The monoisotopic (exact) mass is 690 g/mol. The van der Waals surface area contributed by atoms with Gasteiger partial charge in [0.2, 0.25) is 0 Å². The van der Waals surface area contributed by atoms with E-state index in [-0.39, 0.29) is 45.8 Å². The fourth-order valence-electron chi connectivity index (χ4n) is 7.45. The topological polar surface area (TPSA) is 29.5 Å². The molecule has 0 fully saturated rings. The average molecular weight is 691 g/mol. The first kappa shape index (κ1) is 23.0. The standard InChI is InChI=1S/C48H29NO2S/c1-4-18-42-36(10-1)38-15-7-13-34(47(38)51-42)30-22-26-32(27-23-30)49(41-17-9-20-44-46(41)40-12-2-5-19-43(40)50-44)33-28-24-31(25-29-33)35-14-8-16-39-37-11-3-6-21-45(37)52-48(35)39/h1-29H/i2D,5D,9D,12D,17D,19D,20D. The Balaban J connectivity index is 1.14. The molecule has 244 valence electrons. The lowest BCUT2D eigenvalue weighted by atomic mass is 10.0. The van der Waals surface area contributed by atoms with Gasteiger partial charge in [-0.1, -0.05) is 121 Å². The third-order valence-corrected chi connectivity index (χ3v) is 11.1. The molecule has 4 heteroatoms. The molecule has 11 aromatic rings. The molecule has 0 aliphatic carbocycles. The highest BCUT2D eigenvalue weighted by atomic mass is 32.1. The number of thiophene rings is 1. The van der Waals surface area contributed by atoms with Gasteiger partial charge in [0, 0.05) is 53.3 Å². The summed E-state index contributed by atoms with van der Waals surface area (Å²) in [4.78, 5) is 1.81. The van der Waals surface area contributed by atoms with E-state index in [1.165, 1.54) is 20.2 Å². The van der Waals surface area contributed by atoms with Crippen molar-refractivity contribution in [2.24, 2.45) is 0 Å². The summed E-state index contributed by atoms with van der Waals surface area (Å²) in [5.74, 6) is 0. The minimum Gasteiger partial charge on any atom is -0.456 e. The van der Waals surface area contributed by atoms with Crippen molar-refractivity contribution in [2.75, 3.05) is 4.90 Å². The maximum absolute atomic E-state index is 9.43. The smallest absolute Gasteiger partial charge is 0.143 e. The van der Waals surface area contributed by atoms with Gasteiger partial charge in [0.25, 0.3) is 0 Å². The van der Waals surface area contributed by atoms with Crippen molar-refractivity contribution < 1.29 is 18.4 Å². The minimum absolute atomic E-state index is 0.0502. The summed E-state index contributed by atoms with van der Waals surface area (Å²) in [7, 11) is 0. The Morgan fingerprint density at radius 2 is 1.12 bits per heavy atom. The Bertz CT molecular complexity index is 3380. The molecule has 0 aliphatic rings. The molecule has 0 unspecified atom stereocenters. The number of nitrogens with zero attached hydrogens (tertiary/aromatic N) is 1. The number of anilines is 3. The largest absolute Gasteiger partial charge is 0.456 e. The van der Waals surface area contributed by atoms with E-state index in [4.69, 9.17) is 17.1 Å². The van der Waals surface area contributed by atoms with Crippen molar-refractivity contribution in [1.82, 2.24) is 0 Å². The normalized spacial score (nSPS) is 13.7. The first-order valence-corrected chi connectivity index (χ1v) is 17.7. The molecular formula is C48H29NO2S. The molecular weight excluding hydrogens is 655 g/mol. The fourth-order valence-corrected chi connectivity index (χ4v) is 8.69. The Labute approximate surface area is 313 Å². The zero-order chi connectivity index (χ0) is 40.3. The predicted octanol–water partition coefficient (Wildman–Crippen LogP) is 14.7. The summed E-state index contributed by atoms with van der Waals surface area (Å²) in [5, 5.41) is 4.64. The van der Waals surface area contributed by atoms with Gasteiger partial charge in [0.05, 0.1) is 20.7 Å². The first-order chi connectivity index (χ1) is 28.7. The van der Waals surface area contributed by atoms with Crippen LogP contribution in [0.15, 0.2) is 185 Å². The molecule has 0 N–H and O–H groups in total. The van der Waals surface area contributed by atoms with Crippen LogP contribution in [-0.2, 0) is 0 Å². The molecule has 0 saturated carbocycles. The number of benzene rings is 8. The summed E-state index contributed by atoms with van der Waals surface area (Å²) < 4.78 is 76.6. The number of fused-ring (bicyclic) bond motifs is 9. The van der Waals surface area contributed by atoms with E-state index in [0.717, 1.165) is 44.2 Å². The van der Waals surface area contributed by atoms with E-state index < -0.39 is 24.2 Å². The molecule has 0 atom stereocenters. The van der Waals surface area contributed by atoms with Crippen LogP contribution in [0.3, 0.4) is 0 Å². The van der Waals surface area contributed by atoms with Crippen molar-refractivity contribution >= 4 is 92.4 Å². The van der Waals surface area contributed by atoms with Crippen molar-refractivity contribution in [3.05, 3.63) is 176 Å². The van der Waals surface area contributed by atoms with E-state index >= 15 is 0 Å². The van der Waals surface area contributed by atoms with Crippen LogP contribution in [0.4, 0.5) is 17.1 Å². The Morgan fingerprint density at radius 3 is 1.94 bits per heavy atom. The molecule has 0 amide bonds. The van der Waals surface area contributed by atoms with Gasteiger partial charge in [-0.15, -0.1) is 11.3 Å². The van der Waals surface area contributed by atoms with Gasteiger partial charge in [-0.2, -0.15) is 0 Å². The maximum Gasteiger partial charge on any atom is 0.143 e. The van der Waals surface area contributed by atoms with E-state index in [1.54, 1.807) is 11.3 Å². The molecule has 0 radical (unpaired) electrons. The lowest BCUT2D eigenvalue weighted by Gasteiger charge is -2.26. The summed E-state index contributed by atoms with van der Waals surface area (Å²) in [6, 6.07) is 41.7. The second-order valence-corrected chi connectivity index (χ2v) is 13.8. The zero-order valence-corrected chi connectivity index (χ0v) is 28.2. The quantitative estimate of drug-likeness (QED) is 0.180. The molecule has 0 aliphatic heterocycles. The fraction of sp³-hybridized carbons (Fsp3) is 0. The van der Waals surface area contributed by atoms with Crippen molar-refractivity contribution in [3.8, 4) is 22.3 Å². The summed E-state index contributed by atoms with van der Waals surface area (Å²) in [5.41, 5.74) is 6.62. The summed E-state index contributed by atoms with van der Waals surface area (Å²) >= 11 is 1.75. The molecule has 11 rings (SSSR count). The highest BCUT2D eigenvalue weighted by molar-refractivity contribution is 7.26. The number of rotatable bonds is 5. The van der Waals surface area contributed by atoms with Gasteiger partial charge in [-0.3, -0.25) is 0 Å². The van der Waals surface area contributed by atoms with Gasteiger partial charge < -0.3 is 13.7 Å². The summed E-state index contributed by atoms with van der Waals surface area (Å²) in [6.45, 7) is 0. The van der Waals surface area contributed by atoms with E-state index in [1.807, 2.05) is 102 Å². The number of furan rings is 2. The second kappa shape index (κ2) is 11.5. The van der Waals surface area contributed by atoms with Crippen LogP contribution in [0.1, 0.15) is 9.60 Å². The van der Waals surface area contributed by atoms with Crippen LogP contribution >= 0.6 is 11.3 Å². The molecule has 0 bridgehead atoms. The van der Waals surface area contributed by atoms with Crippen LogP contribution in [0.25, 0.3) is 86.3 Å². The third kappa shape index (κ3) is 4.45. The van der Waals surface area contributed by atoms with Gasteiger partial charge in [-0.25, -0.2) is 0 Å². The van der Waals surface area contributed by atoms with Crippen LogP contribution in [0, 0.1) is 0 Å². The highest BCUT2D eigenvalue weighted by Crippen LogP contribution is 2.45. The van der Waals surface area contributed by atoms with Crippen LogP contribution in [-0.4, -0.2) is 0 Å². The number of hydrogen-bond acceptors (Lipinski definition) is 4. The van der Waals surface area contributed by atoms with E-state index in [0.29, 0.717) is 11.4 Å². The van der Waals surface area contributed by atoms with Crippen molar-refractivity contribution in [2.45, 2.75) is 0 Å². The van der Waals surface area contributed by atoms with Crippen LogP contribution in [0.5, 0.6) is 0 Å². The average Bonchev–Trinajstić information content (AvgIpc) is 3.98. The van der Waals surface area contributed by atoms with Gasteiger partial charge in [0.15, 0.2) is 0 Å². The van der Waals surface area contributed by atoms with Crippen molar-refractivity contribution in [1.29, 1.82) is 0 Å². The Kier molecular flexibility index (Phi) is 5.06. The molecule has 0 spiro atoms. The Hall–Kier alpha value is -6.62. The predicted molar refractivity (Wildman–Crippen MR) is 219 cm³/mol. The lowest BCUT2D eigenvalue weighted by Crippen LogP contribution is -2.10. The summed E-state index contributed by atoms with van der Waals surface area (Å²) in [6.07, 6.45) is 0. The molecule has 0 saturated heterocycles. The van der Waals surface area contributed by atoms with Gasteiger partial charge >= 0.3 is 0 Å². The van der Waals surface area contributed by atoms with E-state index in [9.17, 15) is 1.37 Å². The zero-order valence-electron chi connectivity index (χ0n) is 34.4. The van der Waals surface area contributed by atoms with Crippen LogP contribution in [0.2, 0.25) is 0 Å². The molecule has 3 nitrogen and oxygen atoms in total. The van der Waals surface area contributed by atoms with Crippen LogP contribution < -0.4 is 4.90 Å². The van der Waals surface area contributed by atoms with E-state index in [2.05, 4.69) is 36.4 Å². The molecule has 3 heterocycles. The number of para-hydroxylation sites is 3. The first-order valence-electron chi connectivity index (χ1n) is 20.4. The molecule has 52 heavy (non-hydrogen) atoms. The molecule has 3 aromatic heterocycles. The third-order valence-electron chi connectivity index (χ3n) is 9.83. The maximum atomic E-state index is 9.43. The lowest BCUT2D eigenvalue weighted by molar-refractivity contribution is 0.669. The van der Waals surface area contributed by atoms with Gasteiger partial charge in [0.1, 0.15) is 22.3 Å². The number of hydrogen-bond donors (Lipinski definition) is 0. The SMILES string of the molecule is [2H]c1c([2H])c([2H])c2c(oc3c([2H])c([2H])c([2H])c(N(c4ccc(-c5cccc6c5oc5ccccc56)cc4)c4ccc(-c5cccc6c5sc5ccccc56)cc4)c32)c1[2H]. The second-order valence-electron chi connectivity index (χ2n) is 12.7.